The Hall–Kier alpha value is -1.43. The van der Waals surface area contributed by atoms with Crippen LogP contribution in [0.1, 0.15) is 6.42 Å². The van der Waals surface area contributed by atoms with E-state index in [1.54, 1.807) is 11.0 Å². The molecular weight excluding hydrogens is 196 g/mol. The van der Waals surface area contributed by atoms with E-state index in [1.807, 2.05) is 4.90 Å². The van der Waals surface area contributed by atoms with Gasteiger partial charge in [-0.05, 0) is 0 Å². The molecule has 15 heavy (non-hydrogen) atoms. The highest BCUT2D eigenvalue weighted by molar-refractivity contribution is 5.76. The van der Waals surface area contributed by atoms with E-state index >= 15 is 0 Å². The number of hydrogen-bond acceptors (Lipinski definition) is 4. The van der Waals surface area contributed by atoms with Crippen molar-refractivity contribution in [2.45, 2.75) is 13.0 Å². The van der Waals surface area contributed by atoms with Crippen LogP contribution in [-0.4, -0.2) is 51.9 Å². The number of aryl methyl sites for hydroxylation is 1. The zero-order chi connectivity index (χ0) is 10.5. The SMILES string of the molecule is O=C(CCn1cncn1)N1CCOCC1. The van der Waals surface area contributed by atoms with Crippen LogP contribution in [0, 0.1) is 0 Å². The molecule has 1 aromatic heterocycles. The molecule has 82 valence electrons. The number of ether oxygens (including phenoxy) is 1. The highest BCUT2D eigenvalue weighted by atomic mass is 16.5. The summed E-state index contributed by atoms with van der Waals surface area (Å²) < 4.78 is 6.84. The van der Waals surface area contributed by atoms with Gasteiger partial charge >= 0.3 is 0 Å². The molecule has 1 aromatic rings. The summed E-state index contributed by atoms with van der Waals surface area (Å²) in [5.41, 5.74) is 0. The molecular formula is C9H14N4O2. The largest absolute Gasteiger partial charge is 0.378 e. The summed E-state index contributed by atoms with van der Waals surface area (Å²) in [6, 6.07) is 0. The molecule has 0 atom stereocenters. The third-order valence-corrected chi connectivity index (χ3v) is 2.39. The van der Waals surface area contributed by atoms with E-state index in [-0.39, 0.29) is 5.91 Å². The van der Waals surface area contributed by atoms with Crippen LogP contribution in [0.2, 0.25) is 0 Å². The van der Waals surface area contributed by atoms with E-state index in [0.717, 1.165) is 0 Å². The Bertz CT molecular complexity index is 306. The monoisotopic (exact) mass is 210 g/mol. The fourth-order valence-electron chi connectivity index (χ4n) is 1.53. The molecule has 1 amide bonds. The maximum atomic E-state index is 11.7. The standard InChI is InChI=1S/C9H14N4O2/c14-9(12-3-5-15-6-4-12)1-2-13-8-10-7-11-13/h7-8H,1-6H2. The molecule has 0 aromatic carbocycles. The van der Waals surface area contributed by atoms with Crippen LogP contribution in [-0.2, 0) is 16.1 Å². The van der Waals surface area contributed by atoms with E-state index in [0.29, 0.717) is 39.3 Å². The minimum atomic E-state index is 0.161. The highest BCUT2D eigenvalue weighted by Gasteiger charge is 2.16. The Kier molecular flexibility index (Phi) is 3.29. The number of rotatable bonds is 3. The average Bonchev–Trinajstić information content (AvgIpc) is 2.80. The molecule has 0 saturated carbocycles. The first kappa shape index (κ1) is 10.1. The molecule has 0 N–H and O–H groups in total. The summed E-state index contributed by atoms with van der Waals surface area (Å²) in [6.45, 7) is 3.30. The van der Waals surface area contributed by atoms with Crippen LogP contribution >= 0.6 is 0 Å². The number of carbonyl (C=O) groups excluding carboxylic acids is 1. The fraction of sp³-hybridized carbons (Fsp3) is 0.667. The van der Waals surface area contributed by atoms with Crippen LogP contribution in [0.25, 0.3) is 0 Å². The molecule has 1 aliphatic heterocycles. The second-order valence-electron chi connectivity index (χ2n) is 3.40. The Morgan fingerprint density at radius 2 is 2.20 bits per heavy atom. The van der Waals surface area contributed by atoms with E-state index in [9.17, 15) is 4.79 Å². The van der Waals surface area contributed by atoms with Gasteiger partial charge in [0.05, 0.1) is 19.8 Å². The third kappa shape index (κ3) is 2.76. The zero-order valence-corrected chi connectivity index (χ0v) is 8.50. The van der Waals surface area contributed by atoms with Gasteiger partial charge in [0, 0.05) is 19.5 Å². The summed E-state index contributed by atoms with van der Waals surface area (Å²) in [4.78, 5) is 17.4. The average molecular weight is 210 g/mol. The highest BCUT2D eigenvalue weighted by Crippen LogP contribution is 2.01. The van der Waals surface area contributed by atoms with Gasteiger partial charge in [0.1, 0.15) is 12.7 Å². The number of hydrogen-bond donors (Lipinski definition) is 0. The Morgan fingerprint density at radius 3 is 2.87 bits per heavy atom. The minimum Gasteiger partial charge on any atom is -0.378 e. The lowest BCUT2D eigenvalue weighted by Crippen LogP contribution is -2.40. The molecule has 1 fully saturated rings. The second kappa shape index (κ2) is 4.88. The lowest BCUT2D eigenvalue weighted by molar-refractivity contribution is -0.135. The van der Waals surface area contributed by atoms with E-state index in [4.69, 9.17) is 4.74 Å². The maximum absolute atomic E-state index is 11.7. The summed E-state index contributed by atoms with van der Waals surface area (Å²) >= 11 is 0. The molecule has 0 radical (unpaired) electrons. The third-order valence-electron chi connectivity index (χ3n) is 2.39. The molecule has 6 nitrogen and oxygen atoms in total. The van der Waals surface area contributed by atoms with Crippen molar-refractivity contribution in [2.24, 2.45) is 0 Å². The number of amides is 1. The van der Waals surface area contributed by atoms with Crippen molar-refractivity contribution in [3.8, 4) is 0 Å². The topological polar surface area (TPSA) is 60.2 Å². The Balaban J connectivity index is 1.76. The smallest absolute Gasteiger partial charge is 0.224 e. The molecule has 2 heterocycles. The van der Waals surface area contributed by atoms with Crippen molar-refractivity contribution in [3.63, 3.8) is 0 Å². The normalized spacial score (nSPS) is 16.7. The molecule has 0 bridgehead atoms. The fourth-order valence-corrected chi connectivity index (χ4v) is 1.53. The lowest BCUT2D eigenvalue weighted by atomic mass is 10.3. The van der Waals surface area contributed by atoms with Crippen molar-refractivity contribution in [3.05, 3.63) is 12.7 Å². The van der Waals surface area contributed by atoms with E-state index < -0.39 is 0 Å². The van der Waals surface area contributed by atoms with Crippen LogP contribution in [0.3, 0.4) is 0 Å². The van der Waals surface area contributed by atoms with Gasteiger partial charge in [-0.25, -0.2) is 4.98 Å². The molecule has 0 spiro atoms. The number of carbonyl (C=O) groups is 1. The molecule has 0 unspecified atom stereocenters. The number of morpholine rings is 1. The number of nitrogens with zero attached hydrogens (tertiary/aromatic N) is 4. The molecule has 1 saturated heterocycles. The Morgan fingerprint density at radius 1 is 1.40 bits per heavy atom. The van der Waals surface area contributed by atoms with Gasteiger partial charge in [-0.1, -0.05) is 0 Å². The summed E-state index contributed by atoms with van der Waals surface area (Å²) in [7, 11) is 0. The van der Waals surface area contributed by atoms with Crippen LogP contribution in [0.15, 0.2) is 12.7 Å². The van der Waals surface area contributed by atoms with Crippen molar-refractivity contribution < 1.29 is 9.53 Å². The summed E-state index contributed by atoms with van der Waals surface area (Å²) in [5.74, 6) is 0.161. The van der Waals surface area contributed by atoms with E-state index in [1.165, 1.54) is 6.33 Å². The van der Waals surface area contributed by atoms with Gasteiger partial charge < -0.3 is 9.64 Å². The quantitative estimate of drug-likeness (QED) is 0.676. The predicted octanol–water partition coefficient (Wildman–Crippen LogP) is -0.473. The van der Waals surface area contributed by atoms with Crippen LogP contribution in [0.4, 0.5) is 0 Å². The molecule has 1 aliphatic rings. The first-order chi connectivity index (χ1) is 7.36. The zero-order valence-electron chi connectivity index (χ0n) is 8.50. The summed E-state index contributed by atoms with van der Waals surface area (Å²) in [5, 5.41) is 3.94. The van der Waals surface area contributed by atoms with Crippen molar-refractivity contribution in [2.75, 3.05) is 26.3 Å². The minimum absolute atomic E-state index is 0.161. The summed E-state index contributed by atoms with van der Waals surface area (Å²) in [6.07, 6.45) is 3.56. The van der Waals surface area contributed by atoms with Crippen molar-refractivity contribution in [1.82, 2.24) is 19.7 Å². The van der Waals surface area contributed by atoms with Crippen LogP contribution < -0.4 is 0 Å². The molecule has 0 aliphatic carbocycles. The van der Waals surface area contributed by atoms with Gasteiger partial charge in [-0.3, -0.25) is 9.48 Å². The van der Waals surface area contributed by atoms with Crippen molar-refractivity contribution >= 4 is 5.91 Å². The lowest BCUT2D eigenvalue weighted by Gasteiger charge is -2.26. The molecule has 2 rings (SSSR count). The van der Waals surface area contributed by atoms with Gasteiger partial charge in [-0.15, -0.1) is 0 Å². The van der Waals surface area contributed by atoms with Crippen LogP contribution in [0.5, 0.6) is 0 Å². The predicted molar refractivity (Wildman–Crippen MR) is 52.0 cm³/mol. The van der Waals surface area contributed by atoms with Crippen molar-refractivity contribution in [1.29, 1.82) is 0 Å². The van der Waals surface area contributed by atoms with Gasteiger partial charge in [-0.2, -0.15) is 5.10 Å². The van der Waals surface area contributed by atoms with Gasteiger partial charge in [0.25, 0.3) is 0 Å². The number of aromatic nitrogens is 3. The van der Waals surface area contributed by atoms with Gasteiger partial charge in [0.2, 0.25) is 5.91 Å². The maximum Gasteiger partial charge on any atom is 0.224 e. The first-order valence-electron chi connectivity index (χ1n) is 5.04. The van der Waals surface area contributed by atoms with Gasteiger partial charge in [0.15, 0.2) is 0 Å². The second-order valence-corrected chi connectivity index (χ2v) is 3.40. The Labute approximate surface area is 87.8 Å². The molecule has 6 heteroatoms. The van der Waals surface area contributed by atoms with E-state index in [2.05, 4.69) is 10.1 Å². The first-order valence-corrected chi connectivity index (χ1v) is 5.04.